The molecule has 0 aliphatic carbocycles. The number of carbonyl (C=O) groups is 1. The quantitative estimate of drug-likeness (QED) is 0.784. The first-order valence-electron chi connectivity index (χ1n) is 8.10. The molecule has 2 rings (SSSR count). The van der Waals surface area contributed by atoms with Crippen LogP contribution in [0.4, 0.5) is 0 Å². The van der Waals surface area contributed by atoms with Crippen LogP contribution in [-0.4, -0.2) is 37.1 Å². The lowest BCUT2D eigenvalue weighted by molar-refractivity contribution is -0.135. The summed E-state index contributed by atoms with van der Waals surface area (Å²) >= 11 is 0. The average molecular weight is 319 g/mol. The van der Waals surface area contributed by atoms with Crippen molar-refractivity contribution in [3.63, 3.8) is 0 Å². The second kappa shape index (κ2) is 7.39. The van der Waals surface area contributed by atoms with E-state index >= 15 is 0 Å². The molecule has 0 aliphatic rings. The van der Waals surface area contributed by atoms with Crippen LogP contribution in [0.15, 0.2) is 16.8 Å². The van der Waals surface area contributed by atoms with E-state index in [-0.39, 0.29) is 17.9 Å². The van der Waals surface area contributed by atoms with E-state index in [2.05, 4.69) is 29.0 Å². The third-order valence-corrected chi connectivity index (χ3v) is 3.82. The highest BCUT2D eigenvalue weighted by atomic mass is 16.4. The molecule has 1 atom stereocenters. The molecule has 0 aliphatic heterocycles. The summed E-state index contributed by atoms with van der Waals surface area (Å²) in [6, 6.07) is -0.316. The highest BCUT2D eigenvalue weighted by Gasteiger charge is 2.24. The number of likely N-dealkylation sites (N-methyl/N-ethyl adjacent to an activating group) is 1. The number of aromatic nitrogens is 4. The third kappa shape index (κ3) is 3.78. The second-order valence-electron chi connectivity index (χ2n) is 5.82. The molecule has 2 aromatic rings. The van der Waals surface area contributed by atoms with Crippen LogP contribution >= 0.6 is 0 Å². The van der Waals surface area contributed by atoms with Gasteiger partial charge < -0.3 is 13.9 Å². The molecule has 0 spiro atoms. The van der Waals surface area contributed by atoms with Crippen LogP contribution < -0.4 is 0 Å². The Morgan fingerprint density at radius 3 is 2.52 bits per heavy atom. The van der Waals surface area contributed by atoms with Gasteiger partial charge in [-0.1, -0.05) is 20.8 Å². The Morgan fingerprint density at radius 1 is 1.26 bits per heavy atom. The number of hydrogen-bond acceptors (Lipinski definition) is 5. The molecule has 0 N–H and O–H groups in total. The predicted molar refractivity (Wildman–Crippen MR) is 85.8 cm³/mol. The highest BCUT2D eigenvalue weighted by Crippen LogP contribution is 2.19. The van der Waals surface area contributed by atoms with E-state index in [4.69, 9.17) is 4.42 Å². The Hall–Kier alpha value is -2.18. The summed E-state index contributed by atoms with van der Waals surface area (Å²) < 4.78 is 7.44. The fraction of sp³-hybridized carbons (Fsp3) is 0.625. The van der Waals surface area contributed by atoms with E-state index in [1.165, 1.54) is 0 Å². The Bertz CT molecular complexity index is 646. The maximum absolute atomic E-state index is 12.8. The first-order chi connectivity index (χ1) is 11.0. The van der Waals surface area contributed by atoms with Gasteiger partial charge in [-0.25, -0.2) is 4.98 Å². The smallest absolute Gasteiger partial charge is 0.245 e. The monoisotopic (exact) mass is 319 g/mol. The molecule has 7 nitrogen and oxygen atoms in total. The molecule has 1 amide bonds. The maximum atomic E-state index is 12.8. The van der Waals surface area contributed by atoms with Crippen molar-refractivity contribution < 1.29 is 9.21 Å². The zero-order valence-corrected chi connectivity index (χ0v) is 14.5. The fourth-order valence-electron chi connectivity index (χ4n) is 2.49. The molecule has 126 valence electrons. The van der Waals surface area contributed by atoms with Crippen LogP contribution in [0, 0.1) is 0 Å². The molecule has 0 saturated carbocycles. The van der Waals surface area contributed by atoms with Crippen LogP contribution in [0.2, 0.25) is 0 Å². The van der Waals surface area contributed by atoms with Crippen LogP contribution in [0.5, 0.6) is 0 Å². The van der Waals surface area contributed by atoms with Crippen molar-refractivity contribution in [3.8, 4) is 0 Å². The lowest BCUT2D eigenvalue weighted by Gasteiger charge is -2.25. The number of hydrogen-bond donors (Lipinski definition) is 0. The van der Waals surface area contributed by atoms with Crippen molar-refractivity contribution in [2.24, 2.45) is 0 Å². The molecule has 2 aromatic heterocycles. The van der Waals surface area contributed by atoms with Crippen molar-refractivity contribution in [2.75, 3.05) is 6.54 Å². The summed E-state index contributed by atoms with van der Waals surface area (Å²) in [4.78, 5) is 18.9. The second-order valence-corrected chi connectivity index (χ2v) is 5.82. The lowest BCUT2D eigenvalue weighted by Crippen LogP contribution is -2.36. The van der Waals surface area contributed by atoms with Gasteiger partial charge in [0.25, 0.3) is 0 Å². The van der Waals surface area contributed by atoms with Gasteiger partial charge in [0.05, 0.1) is 6.54 Å². The first kappa shape index (κ1) is 17.2. The van der Waals surface area contributed by atoms with Gasteiger partial charge in [-0.15, -0.1) is 10.2 Å². The Morgan fingerprint density at radius 2 is 1.96 bits per heavy atom. The minimum atomic E-state index is -0.316. The van der Waals surface area contributed by atoms with Gasteiger partial charge in [-0.3, -0.25) is 4.79 Å². The van der Waals surface area contributed by atoms with Crippen LogP contribution in [0.3, 0.4) is 0 Å². The highest BCUT2D eigenvalue weighted by molar-refractivity contribution is 5.80. The first-order valence-corrected chi connectivity index (χ1v) is 8.10. The van der Waals surface area contributed by atoms with E-state index < -0.39 is 0 Å². The molecule has 0 radical (unpaired) electrons. The van der Waals surface area contributed by atoms with Gasteiger partial charge in [0.1, 0.15) is 11.9 Å². The summed E-state index contributed by atoms with van der Waals surface area (Å²) in [6.45, 7) is 10.8. The predicted octanol–water partition coefficient (Wildman–Crippen LogP) is 2.56. The Balaban J connectivity index is 2.13. The van der Waals surface area contributed by atoms with Crippen LogP contribution in [-0.2, 0) is 17.8 Å². The Labute approximate surface area is 136 Å². The lowest BCUT2D eigenvalue weighted by atomic mass is 10.2. The molecule has 0 aromatic carbocycles. The summed E-state index contributed by atoms with van der Waals surface area (Å²) in [5.41, 5.74) is 0. The standard InChI is InChI=1S/C16H25N5O2/c1-6-13-18-19-14(23-13)10-20(7-2)16(22)12(5)21-9-8-17-15(21)11(3)4/h8-9,11-12H,6-7,10H2,1-5H3/t12-/m1/s1. The third-order valence-electron chi connectivity index (χ3n) is 3.82. The SMILES string of the molecule is CCc1nnc(CN(CC)C(=O)[C@@H](C)n2ccnc2C(C)C)o1. The fourth-order valence-corrected chi connectivity index (χ4v) is 2.49. The number of amides is 1. The van der Waals surface area contributed by atoms with Crippen molar-refractivity contribution in [1.82, 2.24) is 24.6 Å². The molecular weight excluding hydrogens is 294 g/mol. The van der Waals surface area contributed by atoms with Crippen molar-refractivity contribution in [3.05, 3.63) is 30.0 Å². The normalized spacial score (nSPS) is 12.6. The summed E-state index contributed by atoms with van der Waals surface area (Å²) in [7, 11) is 0. The van der Waals surface area contributed by atoms with Gasteiger partial charge in [-0.2, -0.15) is 0 Å². The molecule has 7 heteroatoms. The zero-order valence-electron chi connectivity index (χ0n) is 14.5. The summed E-state index contributed by atoms with van der Waals surface area (Å²) in [5.74, 6) is 2.25. The largest absolute Gasteiger partial charge is 0.423 e. The minimum absolute atomic E-state index is 0.0173. The summed E-state index contributed by atoms with van der Waals surface area (Å²) in [6.07, 6.45) is 4.28. The van der Waals surface area contributed by atoms with Crippen molar-refractivity contribution in [1.29, 1.82) is 0 Å². The van der Waals surface area contributed by atoms with Gasteiger partial charge in [0, 0.05) is 31.3 Å². The van der Waals surface area contributed by atoms with E-state index in [0.29, 0.717) is 31.3 Å². The molecule has 23 heavy (non-hydrogen) atoms. The number of nitrogens with zero attached hydrogens (tertiary/aromatic N) is 5. The van der Waals surface area contributed by atoms with Crippen molar-refractivity contribution >= 4 is 5.91 Å². The zero-order chi connectivity index (χ0) is 17.0. The van der Waals surface area contributed by atoms with E-state index in [1.807, 2.05) is 31.5 Å². The molecule has 0 bridgehead atoms. The van der Waals surface area contributed by atoms with E-state index in [1.54, 1.807) is 11.1 Å². The van der Waals surface area contributed by atoms with Crippen LogP contribution in [0.25, 0.3) is 0 Å². The number of aryl methyl sites for hydroxylation is 1. The summed E-state index contributed by atoms with van der Waals surface area (Å²) in [5, 5.41) is 7.94. The molecule has 2 heterocycles. The van der Waals surface area contributed by atoms with Gasteiger partial charge in [0.2, 0.25) is 17.7 Å². The Kier molecular flexibility index (Phi) is 5.52. The average Bonchev–Trinajstić information content (AvgIpc) is 3.19. The molecular formula is C16H25N5O2. The number of rotatable bonds is 7. The minimum Gasteiger partial charge on any atom is -0.423 e. The van der Waals surface area contributed by atoms with E-state index in [9.17, 15) is 4.79 Å². The number of imidazole rings is 1. The molecule has 0 saturated heterocycles. The van der Waals surface area contributed by atoms with Crippen LogP contribution in [0.1, 0.15) is 64.2 Å². The number of carbonyl (C=O) groups excluding carboxylic acids is 1. The van der Waals surface area contributed by atoms with Gasteiger partial charge >= 0.3 is 0 Å². The van der Waals surface area contributed by atoms with Crippen molar-refractivity contribution in [2.45, 2.75) is 59.5 Å². The van der Waals surface area contributed by atoms with E-state index in [0.717, 1.165) is 5.82 Å². The molecule has 0 fully saturated rings. The maximum Gasteiger partial charge on any atom is 0.245 e. The van der Waals surface area contributed by atoms with Gasteiger partial charge in [0.15, 0.2) is 0 Å². The molecule has 0 unspecified atom stereocenters. The van der Waals surface area contributed by atoms with Gasteiger partial charge in [-0.05, 0) is 13.8 Å². The topological polar surface area (TPSA) is 77.1 Å².